The highest BCUT2D eigenvalue weighted by Crippen LogP contribution is 2.19. The molecule has 4 nitrogen and oxygen atoms in total. The number of nitro groups is 1. The minimum Gasteiger partial charge on any atom is -0.258 e. The average molecular weight is 245 g/mol. The summed E-state index contributed by atoms with van der Waals surface area (Å²) < 4.78 is 0. The van der Waals surface area contributed by atoms with Gasteiger partial charge in [0, 0.05) is 16.6 Å². The Morgan fingerprint density at radius 2 is 2.46 bits per heavy atom. The first kappa shape index (κ1) is 10.1. The summed E-state index contributed by atoms with van der Waals surface area (Å²) in [6.07, 6.45) is 3.49. The van der Waals surface area contributed by atoms with E-state index in [1.165, 1.54) is 6.20 Å². The van der Waals surface area contributed by atoms with Crippen LogP contribution in [0.15, 0.2) is 18.5 Å². The van der Waals surface area contributed by atoms with Crippen molar-refractivity contribution in [2.45, 2.75) is 18.2 Å². The maximum Gasteiger partial charge on any atom is 0.290 e. The van der Waals surface area contributed by atoms with E-state index in [2.05, 4.69) is 20.9 Å². The first-order valence-corrected chi connectivity index (χ1v) is 4.74. The molecule has 0 saturated heterocycles. The Bertz CT molecular complexity index is 315. The monoisotopic (exact) mass is 244 g/mol. The van der Waals surface area contributed by atoms with Gasteiger partial charge < -0.3 is 0 Å². The van der Waals surface area contributed by atoms with E-state index >= 15 is 0 Å². The van der Waals surface area contributed by atoms with Gasteiger partial charge in [-0.2, -0.15) is 0 Å². The topological polar surface area (TPSA) is 56.0 Å². The van der Waals surface area contributed by atoms with Gasteiger partial charge in [0.2, 0.25) is 0 Å². The Kier molecular flexibility index (Phi) is 3.36. The molecule has 0 aliphatic rings. The van der Waals surface area contributed by atoms with E-state index in [1.807, 2.05) is 6.92 Å². The molecule has 1 heterocycles. The van der Waals surface area contributed by atoms with Crippen LogP contribution < -0.4 is 0 Å². The molecule has 0 amide bonds. The quantitative estimate of drug-likeness (QED) is 0.466. The van der Waals surface area contributed by atoms with Crippen LogP contribution >= 0.6 is 15.9 Å². The second-order valence-corrected chi connectivity index (χ2v) is 4.31. The summed E-state index contributed by atoms with van der Waals surface area (Å²) in [5.41, 5.74) is 0.804. The van der Waals surface area contributed by atoms with Gasteiger partial charge in [-0.3, -0.25) is 15.1 Å². The van der Waals surface area contributed by atoms with Crippen LogP contribution in [-0.4, -0.2) is 14.7 Å². The van der Waals surface area contributed by atoms with Crippen LogP contribution in [0.5, 0.6) is 0 Å². The van der Waals surface area contributed by atoms with Crippen LogP contribution in [0.4, 0.5) is 5.69 Å². The Morgan fingerprint density at radius 3 is 3.00 bits per heavy atom. The number of rotatable bonds is 3. The molecule has 1 aromatic rings. The molecule has 0 radical (unpaired) electrons. The Morgan fingerprint density at radius 1 is 1.77 bits per heavy atom. The van der Waals surface area contributed by atoms with Crippen molar-refractivity contribution in [2.75, 3.05) is 0 Å². The van der Waals surface area contributed by atoms with Gasteiger partial charge in [-0.05, 0) is 12.5 Å². The standard InChI is InChI=1S/C8H9BrN2O2/c1-6(9)4-7-2-3-10-5-8(7)11(12)13/h2-3,5-6H,4H2,1H3. The number of alkyl halides is 1. The van der Waals surface area contributed by atoms with Crippen molar-refractivity contribution in [1.82, 2.24) is 4.98 Å². The molecular weight excluding hydrogens is 236 g/mol. The second-order valence-electron chi connectivity index (χ2n) is 2.75. The predicted octanol–water partition coefficient (Wildman–Crippen LogP) is 2.32. The van der Waals surface area contributed by atoms with Crippen molar-refractivity contribution < 1.29 is 4.92 Å². The smallest absolute Gasteiger partial charge is 0.258 e. The average Bonchev–Trinajstić information content (AvgIpc) is 2.03. The summed E-state index contributed by atoms with van der Waals surface area (Å²) in [4.78, 5) is 14.1. The molecule has 5 heteroatoms. The van der Waals surface area contributed by atoms with E-state index in [-0.39, 0.29) is 10.5 Å². The fourth-order valence-corrected chi connectivity index (χ4v) is 1.40. The Labute approximate surface area is 84.3 Å². The minimum atomic E-state index is -0.405. The molecule has 0 bridgehead atoms. The van der Waals surface area contributed by atoms with Crippen LogP contribution in [0.2, 0.25) is 0 Å². The zero-order valence-corrected chi connectivity index (χ0v) is 8.69. The molecule has 0 saturated carbocycles. The van der Waals surface area contributed by atoms with E-state index in [9.17, 15) is 10.1 Å². The fourth-order valence-electron chi connectivity index (χ4n) is 1.05. The van der Waals surface area contributed by atoms with Crippen molar-refractivity contribution in [3.63, 3.8) is 0 Å². The molecule has 0 N–H and O–H groups in total. The highest BCUT2D eigenvalue weighted by atomic mass is 79.9. The molecule has 0 aliphatic carbocycles. The molecule has 0 aromatic carbocycles. The number of hydrogen-bond acceptors (Lipinski definition) is 3. The molecule has 1 aromatic heterocycles. The van der Waals surface area contributed by atoms with E-state index in [1.54, 1.807) is 12.3 Å². The van der Waals surface area contributed by atoms with Gasteiger partial charge in [0.05, 0.1) is 4.92 Å². The molecule has 1 rings (SSSR count). The Hall–Kier alpha value is -0.970. The molecule has 0 spiro atoms. The highest BCUT2D eigenvalue weighted by Gasteiger charge is 2.13. The SMILES string of the molecule is CC(Br)Cc1ccncc1[N+](=O)[O-]. The summed E-state index contributed by atoms with van der Waals surface area (Å²) in [7, 11) is 0. The van der Waals surface area contributed by atoms with Crippen molar-refractivity contribution in [3.8, 4) is 0 Å². The normalized spacial score (nSPS) is 12.5. The maximum absolute atomic E-state index is 10.6. The summed E-state index contributed by atoms with van der Waals surface area (Å²) in [6.45, 7) is 1.95. The molecular formula is C8H9BrN2O2. The summed E-state index contributed by atoms with van der Waals surface area (Å²) >= 11 is 3.35. The zero-order valence-electron chi connectivity index (χ0n) is 7.11. The van der Waals surface area contributed by atoms with Gasteiger partial charge in [-0.15, -0.1) is 0 Å². The summed E-state index contributed by atoms with van der Waals surface area (Å²) in [5, 5.41) is 10.6. The van der Waals surface area contributed by atoms with Crippen LogP contribution in [0.1, 0.15) is 12.5 Å². The number of nitrogens with zero attached hydrogens (tertiary/aromatic N) is 2. The lowest BCUT2D eigenvalue weighted by atomic mass is 10.1. The first-order chi connectivity index (χ1) is 6.11. The van der Waals surface area contributed by atoms with Crippen molar-refractivity contribution in [1.29, 1.82) is 0 Å². The van der Waals surface area contributed by atoms with Gasteiger partial charge in [-0.25, -0.2) is 0 Å². The lowest BCUT2D eigenvalue weighted by Crippen LogP contribution is -2.01. The Balaban J connectivity index is 2.98. The number of hydrogen-bond donors (Lipinski definition) is 0. The maximum atomic E-state index is 10.6. The predicted molar refractivity (Wildman–Crippen MR) is 53.0 cm³/mol. The fraction of sp³-hybridized carbons (Fsp3) is 0.375. The lowest BCUT2D eigenvalue weighted by molar-refractivity contribution is -0.385. The van der Waals surface area contributed by atoms with E-state index in [0.29, 0.717) is 12.0 Å². The van der Waals surface area contributed by atoms with Crippen molar-refractivity contribution in [2.24, 2.45) is 0 Å². The first-order valence-electron chi connectivity index (χ1n) is 3.82. The summed E-state index contributed by atoms with van der Waals surface area (Å²) in [6, 6.07) is 1.68. The van der Waals surface area contributed by atoms with E-state index in [0.717, 1.165) is 0 Å². The van der Waals surface area contributed by atoms with Crippen molar-refractivity contribution >= 4 is 21.6 Å². The third-order valence-electron chi connectivity index (χ3n) is 1.59. The number of aromatic nitrogens is 1. The number of halogens is 1. The van der Waals surface area contributed by atoms with E-state index in [4.69, 9.17) is 0 Å². The molecule has 1 atom stereocenters. The lowest BCUT2D eigenvalue weighted by Gasteiger charge is -2.02. The van der Waals surface area contributed by atoms with Gasteiger partial charge in [0.25, 0.3) is 5.69 Å². The third-order valence-corrected chi connectivity index (χ3v) is 1.91. The number of pyridine rings is 1. The van der Waals surface area contributed by atoms with Gasteiger partial charge in [0.1, 0.15) is 6.20 Å². The highest BCUT2D eigenvalue weighted by molar-refractivity contribution is 9.09. The van der Waals surface area contributed by atoms with Crippen LogP contribution in [0, 0.1) is 10.1 Å². The van der Waals surface area contributed by atoms with Gasteiger partial charge in [0.15, 0.2) is 0 Å². The molecule has 70 valence electrons. The van der Waals surface area contributed by atoms with E-state index < -0.39 is 4.92 Å². The third kappa shape index (κ3) is 2.77. The van der Waals surface area contributed by atoms with Crippen LogP contribution in [-0.2, 0) is 6.42 Å². The van der Waals surface area contributed by atoms with Crippen LogP contribution in [0.3, 0.4) is 0 Å². The van der Waals surface area contributed by atoms with Gasteiger partial charge >= 0.3 is 0 Å². The molecule has 13 heavy (non-hydrogen) atoms. The zero-order chi connectivity index (χ0) is 9.84. The molecule has 1 unspecified atom stereocenters. The van der Waals surface area contributed by atoms with Crippen LogP contribution in [0.25, 0.3) is 0 Å². The second kappa shape index (κ2) is 4.32. The molecule has 0 fully saturated rings. The minimum absolute atomic E-state index is 0.0915. The largest absolute Gasteiger partial charge is 0.290 e. The molecule has 0 aliphatic heterocycles. The van der Waals surface area contributed by atoms with Gasteiger partial charge in [-0.1, -0.05) is 22.9 Å². The summed E-state index contributed by atoms with van der Waals surface area (Å²) in [5.74, 6) is 0. The van der Waals surface area contributed by atoms with Crippen molar-refractivity contribution in [3.05, 3.63) is 34.1 Å².